The lowest BCUT2D eigenvalue weighted by molar-refractivity contribution is -0.129. The van der Waals surface area contributed by atoms with Crippen molar-refractivity contribution in [2.24, 2.45) is 5.92 Å². The summed E-state index contributed by atoms with van der Waals surface area (Å²) >= 11 is 0. The molecule has 26 heavy (non-hydrogen) atoms. The first-order valence-electron chi connectivity index (χ1n) is 9.34. The topological polar surface area (TPSA) is 73.9 Å². The number of methoxy groups -OCH3 is 1. The lowest BCUT2D eigenvalue weighted by Gasteiger charge is -2.22. The van der Waals surface area contributed by atoms with E-state index in [1.807, 2.05) is 6.92 Å². The fraction of sp³-hybridized carbons (Fsp3) is 0.600. The largest absolute Gasteiger partial charge is 0.493 e. The molecule has 1 atom stereocenters. The predicted molar refractivity (Wildman–Crippen MR) is 98.6 cm³/mol. The van der Waals surface area contributed by atoms with E-state index in [-0.39, 0.29) is 5.91 Å². The molecule has 1 N–H and O–H groups in total. The third-order valence-electron chi connectivity index (χ3n) is 4.64. The van der Waals surface area contributed by atoms with E-state index >= 15 is 0 Å². The number of carbonyl (C=O) groups excluding carboxylic acids is 2. The normalized spacial score (nSPS) is 15.8. The summed E-state index contributed by atoms with van der Waals surface area (Å²) in [6.07, 6.45) is 5.20. The first-order valence-corrected chi connectivity index (χ1v) is 9.34. The quantitative estimate of drug-likeness (QED) is 0.717. The molecule has 0 heterocycles. The second-order valence-electron chi connectivity index (χ2n) is 6.60. The minimum absolute atomic E-state index is 0.262. The van der Waals surface area contributed by atoms with Gasteiger partial charge in [0.1, 0.15) is 0 Å². The van der Waals surface area contributed by atoms with Crippen LogP contribution >= 0.6 is 0 Å². The summed E-state index contributed by atoms with van der Waals surface area (Å²) in [4.78, 5) is 24.5. The van der Waals surface area contributed by atoms with Gasteiger partial charge in [-0.2, -0.15) is 0 Å². The summed E-state index contributed by atoms with van der Waals surface area (Å²) in [5.74, 6) is 0.722. The molecule has 0 aromatic heterocycles. The molecule has 1 fully saturated rings. The van der Waals surface area contributed by atoms with Crippen LogP contribution in [0.4, 0.5) is 0 Å². The Labute approximate surface area is 155 Å². The molecule has 0 spiro atoms. The van der Waals surface area contributed by atoms with Crippen molar-refractivity contribution >= 4 is 11.9 Å². The third kappa shape index (κ3) is 5.64. The average molecular weight is 363 g/mol. The highest BCUT2D eigenvalue weighted by atomic mass is 16.5. The maximum absolute atomic E-state index is 12.3. The van der Waals surface area contributed by atoms with Gasteiger partial charge in [-0.3, -0.25) is 4.79 Å². The standard InChI is InChI=1S/C20H29NO5/c1-4-25-17-11-10-16(12-18(17)24-3)20(23)26-14(2)19(22)21-13-15-8-6-5-7-9-15/h10-12,14-15H,4-9,13H2,1-3H3,(H,21,22)/t14-/m0/s1. The van der Waals surface area contributed by atoms with Gasteiger partial charge in [-0.25, -0.2) is 4.79 Å². The van der Waals surface area contributed by atoms with Crippen LogP contribution in [0.2, 0.25) is 0 Å². The predicted octanol–water partition coefficient (Wildman–Crippen LogP) is 3.34. The summed E-state index contributed by atoms with van der Waals surface area (Å²) in [7, 11) is 1.51. The Morgan fingerprint density at radius 1 is 1.19 bits per heavy atom. The van der Waals surface area contributed by atoms with Crippen LogP contribution in [0.1, 0.15) is 56.3 Å². The van der Waals surface area contributed by atoms with Crippen molar-refractivity contribution in [3.8, 4) is 11.5 Å². The van der Waals surface area contributed by atoms with Crippen molar-refractivity contribution < 1.29 is 23.8 Å². The monoisotopic (exact) mass is 363 g/mol. The van der Waals surface area contributed by atoms with Crippen LogP contribution in [0.5, 0.6) is 11.5 Å². The molecule has 6 nitrogen and oxygen atoms in total. The number of esters is 1. The van der Waals surface area contributed by atoms with Crippen molar-refractivity contribution in [3.05, 3.63) is 23.8 Å². The lowest BCUT2D eigenvalue weighted by atomic mass is 9.89. The fourth-order valence-electron chi connectivity index (χ4n) is 3.13. The molecule has 1 aliphatic rings. The molecule has 1 aliphatic carbocycles. The van der Waals surface area contributed by atoms with Gasteiger partial charge in [0, 0.05) is 6.54 Å². The molecule has 1 aromatic rings. The van der Waals surface area contributed by atoms with Gasteiger partial charge >= 0.3 is 5.97 Å². The van der Waals surface area contributed by atoms with E-state index in [0.29, 0.717) is 36.1 Å². The average Bonchev–Trinajstić information content (AvgIpc) is 2.67. The van der Waals surface area contributed by atoms with Crippen molar-refractivity contribution in [1.82, 2.24) is 5.32 Å². The van der Waals surface area contributed by atoms with E-state index in [2.05, 4.69) is 5.32 Å². The molecule has 1 saturated carbocycles. The van der Waals surface area contributed by atoms with Gasteiger partial charge in [0.25, 0.3) is 5.91 Å². The summed E-state index contributed by atoms with van der Waals surface area (Å²) in [6, 6.07) is 4.81. The van der Waals surface area contributed by atoms with Crippen LogP contribution < -0.4 is 14.8 Å². The van der Waals surface area contributed by atoms with Gasteiger partial charge in [-0.15, -0.1) is 0 Å². The summed E-state index contributed by atoms with van der Waals surface area (Å²) < 4.78 is 16.0. The first kappa shape index (κ1) is 20.1. The first-order chi connectivity index (χ1) is 12.5. The summed E-state index contributed by atoms with van der Waals surface area (Å²) in [5, 5.41) is 2.90. The Balaban J connectivity index is 1.88. The molecule has 2 rings (SSSR count). The number of ether oxygens (including phenoxy) is 3. The zero-order chi connectivity index (χ0) is 18.9. The van der Waals surface area contributed by atoms with Crippen LogP contribution in [-0.4, -0.2) is 38.2 Å². The van der Waals surface area contributed by atoms with Gasteiger partial charge in [0.2, 0.25) is 0 Å². The highest BCUT2D eigenvalue weighted by Gasteiger charge is 2.21. The third-order valence-corrected chi connectivity index (χ3v) is 4.64. The smallest absolute Gasteiger partial charge is 0.339 e. The summed E-state index contributed by atoms with van der Waals surface area (Å²) in [6.45, 7) is 4.60. The summed E-state index contributed by atoms with van der Waals surface area (Å²) in [5.41, 5.74) is 0.317. The minimum atomic E-state index is -0.844. The maximum Gasteiger partial charge on any atom is 0.339 e. The van der Waals surface area contributed by atoms with E-state index in [1.54, 1.807) is 25.1 Å². The molecule has 0 bridgehead atoms. The Kier molecular flexibility index (Phi) is 7.75. The molecule has 1 amide bonds. The Morgan fingerprint density at radius 3 is 2.58 bits per heavy atom. The van der Waals surface area contributed by atoms with Crippen molar-refractivity contribution in [2.45, 2.75) is 52.1 Å². The van der Waals surface area contributed by atoms with Gasteiger partial charge in [0.15, 0.2) is 17.6 Å². The Bertz CT molecular complexity index is 610. The van der Waals surface area contributed by atoms with Crippen LogP contribution in [0.3, 0.4) is 0 Å². The van der Waals surface area contributed by atoms with Crippen molar-refractivity contribution in [2.75, 3.05) is 20.3 Å². The molecule has 6 heteroatoms. The number of carbonyl (C=O) groups is 2. The Morgan fingerprint density at radius 2 is 1.92 bits per heavy atom. The highest BCUT2D eigenvalue weighted by Crippen LogP contribution is 2.28. The van der Waals surface area contributed by atoms with E-state index < -0.39 is 12.1 Å². The van der Waals surface area contributed by atoms with Crippen LogP contribution in [0.25, 0.3) is 0 Å². The van der Waals surface area contributed by atoms with E-state index in [9.17, 15) is 9.59 Å². The van der Waals surface area contributed by atoms with E-state index in [1.165, 1.54) is 26.4 Å². The molecular weight excluding hydrogens is 334 g/mol. The van der Waals surface area contributed by atoms with Crippen LogP contribution in [-0.2, 0) is 9.53 Å². The molecule has 1 aromatic carbocycles. The van der Waals surface area contributed by atoms with Crippen molar-refractivity contribution in [3.63, 3.8) is 0 Å². The molecule has 0 saturated heterocycles. The number of benzene rings is 1. The second kappa shape index (κ2) is 10.0. The molecule has 0 unspecified atom stereocenters. The van der Waals surface area contributed by atoms with E-state index in [4.69, 9.17) is 14.2 Å². The molecular formula is C20H29NO5. The number of hydrogen-bond donors (Lipinski definition) is 1. The van der Waals surface area contributed by atoms with Gasteiger partial charge in [-0.05, 0) is 50.8 Å². The van der Waals surface area contributed by atoms with Crippen molar-refractivity contribution in [1.29, 1.82) is 0 Å². The second-order valence-corrected chi connectivity index (χ2v) is 6.60. The number of hydrogen-bond acceptors (Lipinski definition) is 5. The fourth-order valence-corrected chi connectivity index (χ4v) is 3.13. The zero-order valence-electron chi connectivity index (χ0n) is 15.9. The number of amides is 1. The van der Waals surface area contributed by atoms with Gasteiger partial charge < -0.3 is 19.5 Å². The Hall–Kier alpha value is -2.24. The van der Waals surface area contributed by atoms with E-state index in [0.717, 1.165) is 12.8 Å². The van der Waals surface area contributed by atoms with Gasteiger partial charge in [0.05, 0.1) is 19.3 Å². The minimum Gasteiger partial charge on any atom is -0.493 e. The number of rotatable bonds is 8. The molecule has 144 valence electrons. The lowest BCUT2D eigenvalue weighted by Crippen LogP contribution is -2.38. The molecule has 0 radical (unpaired) electrons. The maximum atomic E-state index is 12.3. The SMILES string of the molecule is CCOc1ccc(C(=O)O[C@@H](C)C(=O)NCC2CCCCC2)cc1OC. The van der Waals surface area contributed by atoms with Crippen LogP contribution in [0, 0.1) is 5.92 Å². The van der Waals surface area contributed by atoms with Crippen LogP contribution in [0.15, 0.2) is 18.2 Å². The van der Waals surface area contributed by atoms with Gasteiger partial charge in [-0.1, -0.05) is 19.3 Å². The highest BCUT2D eigenvalue weighted by molar-refractivity contribution is 5.92. The zero-order valence-corrected chi connectivity index (χ0v) is 15.9. The molecule has 0 aliphatic heterocycles. The number of nitrogens with one attached hydrogen (secondary N) is 1.